The summed E-state index contributed by atoms with van der Waals surface area (Å²) in [7, 11) is 0. The summed E-state index contributed by atoms with van der Waals surface area (Å²) in [6.45, 7) is -0.739. The number of fused-ring (bicyclic) bond motifs is 5. The summed E-state index contributed by atoms with van der Waals surface area (Å²) < 4.78 is 4.19. The Morgan fingerprint density at radius 2 is 1.15 bits per heavy atom. The molecule has 2 aliphatic carbocycles. The van der Waals surface area contributed by atoms with E-state index in [0.29, 0.717) is 0 Å². The predicted octanol–water partition coefficient (Wildman–Crippen LogP) is 3.13. The number of aliphatic hydroxyl groups excluding tert-OH is 2. The van der Waals surface area contributed by atoms with Crippen molar-refractivity contribution in [3.05, 3.63) is 161 Å². The van der Waals surface area contributed by atoms with Crippen LogP contribution in [-0.4, -0.2) is 96.2 Å². The third-order valence-corrected chi connectivity index (χ3v) is 9.56. The molecule has 0 amide bonds. The van der Waals surface area contributed by atoms with Crippen LogP contribution in [0.5, 0.6) is 23.0 Å². The molecule has 0 spiro atoms. The summed E-state index contributed by atoms with van der Waals surface area (Å²) in [6, 6.07) is 40.1. The third-order valence-electron chi connectivity index (χ3n) is 9.56. The van der Waals surface area contributed by atoms with Gasteiger partial charge in [-0.25, -0.2) is 4.79 Å². The number of anilines is 1. The number of esters is 1. The predicted molar refractivity (Wildman–Crippen MR) is 225 cm³/mol. The van der Waals surface area contributed by atoms with E-state index in [1.165, 1.54) is 39.4 Å². The molecule has 1 saturated heterocycles. The summed E-state index contributed by atoms with van der Waals surface area (Å²) in [6.07, 6.45) is -2.00. The van der Waals surface area contributed by atoms with Crippen molar-refractivity contribution in [1.82, 2.24) is 0 Å². The quantitative estimate of drug-likeness (QED) is 0.0241. The average Bonchev–Trinajstić information content (AvgIpc) is 3.77. The molecule has 15 heteroatoms. The van der Waals surface area contributed by atoms with Gasteiger partial charge in [-0.05, 0) is 76.2 Å². The Morgan fingerprint density at radius 3 is 1.73 bits per heavy atom. The van der Waals surface area contributed by atoms with Gasteiger partial charge >= 0.3 is 29.3 Å². The Morgan fingerprint density at radius 1 is 0.600 bits per heavy atom. The first-order valence-electron chi connectivity index (χ1n) is 17.9. The van der Waals surface area contributed by atoms with E-state index in [9.17, 15) is 44.4 Å². The molecular weight excluding hydrogens is 833 g/mol. The maximum absolute atomic E-state index is 12.3. The number of hydrazine groups is 1. The fraction of sp³-hybridized carbons (Fsp3) is 0.0889. The van der Waals surface area contributed by atoms with Crippen molar-refractivity contribution < 1.29 is 59.3 Å². The fourth-order valence-electron chi connectivity index (χ4n) is 6.68. The van der Waals surface area contributed by atoms with Gasteiger partial charge in [-0.2, -0.15) is 0 Å². The molecule has 1 heterocycles. The molecule has 1 aliphatic heterocycles. The summed E-state index contributed by atoms with van der Waals surface area (Å²) in [5.74, 6) is -2.31. The molecule has 0 bridgehead atoms. The number of nitrogens with two attached hydrogens (primary N) is 1. The molecule has 6 aromatic rings. The number of aromatic hydroxyl groups is 4. The van der Waals surface area contributed by atoms with Crippen LogP contribution < -0.4 is 11.3 Å². The molecule has 306 valence electrons. The van der Waals surface area contributed by atoms with Gasteiger partial charge in [0.25, 0.3) is 5.78 Å². The maximum atomic E-state index is 12.3. The number of aliphatic hydroxyl groups is 2. The van der Waals surface area contributed by atoms with Gasteiger partial charge < -0.3 is 40.8 Å². The first-order chi connectivity index (χ1) is 28.4. The molecular formula is C45H40GeN2O12. The summed E-state index contributed by atoms with van der Waals surface area (Å²) in [5.41, 5.74) is 10.6. The number of phenols is 4. The van der Waals surface area contributed by atoms with Gasteiger partial charge in [0, 0.05) is 11.3 Å². The van der Waals surface area contributed by atoms with E-state index in [1.54, 1.807) is 0 Å². The van der Waals surface area contributed by atoms with Gasteiger partial charge in [-0.15, -0.1) is 0 Å². The van der Waals surface area contributed by atoms with Crippen molar-refractivity contribution in [2.24, 2.45) is 5.84 Å². The number of carbonyl (C=O) groups excluding carboxylic acids is 5. The number of benzene rings is 6. The number of hydrogen-bond donors (Lipinski definition) is 8. The average molecular weight is 873 g/mol. The molecule has 0 radical (unpaired) electrons. The van der Waals surface area contributed by atoms with Crippen LogP contribution in [0.4, 0.5) is 5.69 Å². The minimum atomic E-state index is -1.53. The van der Waals surface area contributed by atoms with Crippen LogP contribution in [0, 0.1) is 0 Å². The van der Waals surface area contributed by atoms with Crippen LogP contribution in [-0.2, 0) is 25.5 Å². The van der Waals surface area contributed by atoms with E-state index in [-0.39, 0.29) is 39.9 Å². The topological polar surface area (TPSA) is 254 Å². The smallest absolute Gasteiger partial charge is 0.000729 e. The Hall–Kier alpha value is -7.11. The van der Waals surface area contributed by atoms with Crippen molar-refractivity contribution in [3.63, 3.8) is 0 Å². The van der Waals surface area contributed by atoms with E-state index < -0.39 is 70.9 Å². The molecule has 0 saturated carbocycles. The minimum absolute atomic E-state index is 0. The molecule has 2 atom stereocenters. The minimum Gasteiger partial charge on any atom is -0.0622 e. The first-order valence-corrected chi connectivity index (χ1v) is 17.9. The van der Waals surface area contributed by atoms with Gasteiger partial charge in [0.05, 0.1) is 23.3 Å². The largest absolute Gasteiger partial charge is 0.0622 e. The second-order valence-corrected chi connectivity index (χ2v) is 13.2. The van der Waals surface area contributed by atoms with E-state index in [1.807, 2.05) is 30.3 Å². The van der Waals surface area contributed by atoms with E-state index in [0.717, 1.165) is 30.3 Å². The number of Topliss-reactive ketones (excluding diaryl/α,β-unsaturated/α-hetero) is 2. The number of rotatable bonds is 4. The molecule has 9 rings (SSSR count). The van der Waals surface area contributed by atoms with Crippen molar-refractivity contribution >= 4 is 52.4 Å². The molecule has 0 unspecified atom stereocenters. The van der Waals surface area contributed by atoms with Crippen molar-refractivity contribution in [1.29, 1.82) is 0 Å². The fourth-order valence-corrected chi connectivity index (χ4v) is 6.68. The molecule has 14 nitrogen and oxygen atoms in total. The zero-order valence-corrected chi connectivity index (χ0v) is 30.9. The molecule has 0 aromatic heterocycles. The van der Waals surface area contributed by atoms with Crippen LogP contribution in [0.2, 0.25) is 0 Å². The molecule has 9 N–H and O–H groups in total. The maximum Gasteiger partial charge on any atom is -0.000729 e. The van der Waals surface area contributed by atoms with Crippen LogP contribution in [0.1, 0.15) is 43.0 Å². The van der Waals surface area contributed by atoms with Crippen molar-refractivity contribution in [2.75, 3.05) is 12.0 Å². The standard InChI is InChI=1S/C19H14.C14H8O6.C6H8N2.C6H6O6.GeH4/c1-2-7-14(8-3-1)16-11-6-12-18-17-10-5-4-9-15(17)13-19(16)18;15-6-3-4-7(16)11-10(6)12(18)5-1-2-8(17)13(19)9(5)14(11)20;7-8-6-4-2-1-3-5-6;7-1-2(8)5-3(9)4(10)6(11)12-5;/h1-12H,13H2;1-4,15-17,19H;1-5,8H,7H2;2,5,7-8H,1H2;1H4/t;;;2-,5+;/m...0./s1. The van der Waals surface area contributed by atoms with Crippen LogP contribution in [0.3, 0.4) is 0 Å². The Labute approximate surface area is 353 Å². The van der Waals surface area contributed by atoms with Gasteiger partial charge in [0.1, 0.15) is 17.6 Å². The number of cyclic esters (lactones) is 1. The van der Waals surface area contributed by atoms with Gasteiger partial charge in [0.2, 0.25) is 5.78 Å². The summed E-state index contributed by atoms with van der Waals surface area (Å²) in [4.78, 5) is 56.3. The SMILES string of the molecule is NNc1ccccc1.O=C1O[C@H]([C@@H](O)CO)C(=O)C1=O.O=C1c2ccc(O)c(O)c2C(=O)c2c(O)ccc(O)c21.[GeH4].c1ccc(-c2cccc3c2Cc2ccccc2-3)cc1. The number of phenolic OH excluding ortho intramolecular Hbond substituents is 4. The Kier molecular flexibility index (Phi) is 14.0. The molecule has 6 aromatic carbocycles. The van der Waals surface area contributed by atoms with Crippen molar-refractivity contribution in [3.8, 4) is 45.3 Å². The normalized spacial score (nSPS) is 14.4. The summed E-state index contributed by atoms with van der Waals surface area (Å²) >= 11 is 0. The zero-order valence-electron chi connectivity index (χ0n) is 30.9. The number of hydrogen-bond acceptors (Lipinski definition) is 14. The van der Waals surface area contributed by atoms with Crippen LogP contribution in [0.25, 0.3) is 22.3 Å². The Balaban J connectivity index is 0.000000159. The van der Waals surface area contributed by atoms with Crippen LogP contribution >= 0.6 is 0 Å². The van der Waals surface area contributed by atoms with Gasteiger partial charge in [-0.1, -0.05) is 91.0 Å². The number of ketones is 4. The van der Waals surface area contributed by atoms with E-state index in [4.69, 9.17) is 16.1 Å². The molecule has 60 heavy (non-hydrogen) atoms. The molecule has 1 fully saturated rings. The number of ether oxygens (including phenoxy) is 1. The Bertz CT molecular complexity index is 2600. The zero-order chi connectivity index (χ0) is 42.4. The van der Waals surface area contributed by atoms with Crippen molar-refractivity contribution in [2.45, 2.75) is 18.6 Å². The van der Waals surface area contributed by atoms with Gasteiger partial charge in [0.15, 0.2) is 23.4 Å². The second kappa shape index (κ2) is 19.1. The third kappa shape index (κ3) is 8.81. The van der Waals surface area contributed by atoms with E-state index >= 15 is 0 Å². The summed E-state index contributed by atoms with van der Waals surface area (Å²) in [5, 5.41) is 55.9. The first kappa shape index (κ1) is 44.0. The van der Waals surface area contributed by atoms with Crippen LogP contribution in [0.15, 0.2) is 127 Å². The monoisotopic (exact) mass is 874 g/mol. The second-order valence-electron chi connectivity index (χ2n) is 13.2. The number of nitrogen functional groups attached to an aromatic ring is 1. The number of carbonyl (C=O) groups is 5. The van der Waals surface area contributed by atoms with E-state index in [2.05, 4.69) is 83.0 Å². The number of para-hydroxylation sites is 1. The molecule has 3 aliphatic rings. The van der Waals surface area contributed by atoms with Gasteiger partial charge in [-0.3, -0.25) is 25.0 Å². The number of nitrogens with one attached hydrogen (secondary N) is 1.